The van der Waals surface area contributed by atoms with Gasteiger partial charge in [0.15, 0.2) is 0 Å². The Bertz CT molecular complexity index is 431. The second-order valence-corrected chi connectivity index (χ2v) is 6.59. The average molecular weight is 277 g/mol. The zero-order valence-corrected chi connectivity index (χ0v) is 13.2. The van der Waals surface area contributed by atoms with Crippen molar-refractivity contribution in [1.82, 2.24) is 5.32 Å². The van der Waals surface area contributed by atoms with E-state index in [2.05, 4.69) is 51.2 Å². The van der Waals surface area contributed by atoms with Crippen LogP contribution in [0.2, 0.25) is 0 Å². The fourth-order valence-electron chi connectivity index (χ4n) is 2.39. The predicted molar refractivity (Wildman–Crippen MR) is 82.2 cm³/mol. The summed E-state index contributed by atoms with van der Waals surface area (Å²) in [5, 5.41) is 3.62. The summed E-state index contributed by atoms with van der Waals surface area (Å²) in [6, 6.07) is 7.01. The lowest BCUT2D eigenvalue weighted by Crippen LogP contribution is -2.34. The predicted octanol–water partition coefficient (Wildman–Crippen LogP) is 3.44. The molecule has 1 saturated heterocycles. The topological polar surface area (TPSA) is 30.5 Å². The van der Waals surface area contributed by atoms with Gasteiger partial charge in [-0.25, -0.2) is 0 Å². The molecule has 1 fully saturated rings. The van der Waals surface area contributed by atoms with Crippen LogP contribution < -0.4 is 10.1 Å². The van der Waals surface area contributed by atoms with E-state index in [1.807, 2.05) is 0 Å². The van der Waals surface area contributed by atoms with Crippen LogP contribution in [0.5, 0.6) is 5.75 Å². The molecule has 0 aromatic heterocycles. The molecule has 0 saturated carbocycles. The molecule has 20 heavy (non-hydrogen) atoms. The SMILES string of the molecule is Cc1ccc(CNC2CCOCC2)c(OC(C)(C)C)c1. The van der Waals surface area contributed by atoms with Crippen LogP contribution in [0.1, 0.15) is 44.7 Å². The summed E-state index contributed by atoms with van der Waals surface area (Å²) < 4.78 is 11.5. The Morgan fingerprint density at radius 3 is 2.60 bits per heavy atom. The molecule has 0 radical (unpaired) electrons. The molecule has 0 amide bonds. The lowest BCUT2D eigenvalue weighted by Gasteiger charge is -2.26. The van der Waals surface area contributed by atoms with Gasteiger partial charge in [0.25, 0.3) is 0 Å². The third-order valence-corrected chi connectivity index (χ3v) is 3.44. The molecular weight excluding hydrogens is 250 g/mol. The van der Waals surface area contributed by atoms with E-state index in [1.54, 1.807) is 0 Å². The van der Waals surface area contributed by atoms with Crippen molar-refractivity contribution in [2.75, 3.05) is 13.2 Å². The molecule has 2 rings (SSSR count). The summed E-state index contributed by atoms with van der Waals surface area (Å²) in [7, 11) is 0. The molecule has 3 nitrogen and oxygen atoms in total. The van der Waals surface area contributed by atoms with Gasteiger partial charge in [-0.2, -0.15) is 0 Å². The molecule has 1 N–H and O–H groups in total. The van der Waals surface area contributed by atoms with Gasteiger partial charge in [-0.3, -0.25) is 0 Å². The van der Waals surface area contributed by atoms with Crippen molar-refractivity contribution in [3.05, 3.63) is 29.3 Å². The largest absolute Gasteiger partial charge is 0.488 e. The van der Waals surface area contributed by atoms with Crippen molar-refractivity contribution < 1.29 is 9.47 Å². The Kier molecular flexibility index (Phi) is 5.06. The number of aryl methyl sites for hydroxylation is 1. The third kappa shape index (κ3) is 4.80. The number of rotatable bonds is 4. The molecule has 1 aromatic rings. The molecule has 0 aliphatic carbocycles. The van der Waals surface area contributed by atoms with E-state index < -0.39 is 0 Å². The molecular formula is C17H27NO2. The highest BCUT2D eigenvalue weighted by molar-refractivity contribution is 5.37. The lowest BCUT2D eigenvalue weighted by molar-refractivity contribution is 0.0773. The van der Waals surface area contributed by atoms with E-state index in [0.29, 0.717) is 6.04 Å². The first-order valence-electron chi connectivity index (χ1n) is 7.54. The Morgan fingerprint density at radius 1 is 1.25 bits per heavy atom. The van der Waals surface area contributed by atoms with Crippen LogP contribution in [0.3, 0.4) is 0 Å². The Morgan fingerprint density at radius 2 is 1.95 bits per heavy atom. The zero-order chi connectivity index (χ0) is 14.6. The molecule has 0 spiro atoms. The summed E-state index contributed by atoms with van der Waals surface area (Å²) >= 11 is 0. The van der Waals surface area contributed by atoms with Crippen LogP contribution in [-0.4, -0.2) is 24.9 Å². The molecule has 1 aliphatic rings. The maximum atomic E-state index is 6.09. The van der Waals surface area contributed by atoms with Crippen LogP contribution in [-0.2, 0) is 11.3 Å². The van der Waals surface area contributed by atoms with Crippen molar-refractivity contribution >= 4 is 0 Å². The lowest BCUT2D eigenvalue weighted by atomic mass is 10.1. The first-order chi connectivity index (χ1) is 9.44. The Balaban J connectivity index is 2.02. The third-order valence-electron chi connectivity index (χ3n) is 3.44. The molecule has 0 bridgehead atoms. The summed E-state index contributed by atoms with van der Waals surface area (Å²) in [6.07, 6.45) is 2.20. The maximum Gasteiger partial charge on any atom is 0.124 e. The molecule has 0 atom stereocenters. The van der Waals surface area contributed by atoms with Crippen LogP contribution in [0, 0.1) is 6.92 Å². The monoisotopic (exact) mass is 277 g/mol. The summed E-state index contributed by atoms with van der Waals surface area (Å²) in [5.41, 5.74) is 2.30. The second kappa shape index (κ2) is 6.59. The van der Waals surface area contributed by atoms with Crippen molar-refractivity contribution in [1.29, 1.82) is 0 Å². The fraction of sp³-hybridized carbons (Fsp3) is 0.647. The van der Waals surface area contributed by atoms with Crippen molar-refractivity contribution in [3.63, 3.8) is 0 Å². The van der Waals surface area contributed by atoms with Crippen LogP contribution in [0.15, 0.2) is 18.2 Å². The standard InChI is InChI=1S/C17H27NO2/c1-13-5-6-14(16(11-13)20-17(2,3)4)12-18-15-7-9-19-10-8-15/h5-6,11,15,18H,7-10,12H2,1-4H3. The van der Waals surface area contributed by atoms with E-state index in [4.69, 9.17) is 9.47 Å². The number of nitrogens with one attached hydrogen (secondary N) is 1. The van der Waals surface area contributed by atoms with Gasteiger partial charge in [0.05, 0.1) is 0 Å². The summed E-state index contributed by atoms with van der Waals surface area (Å²) in [5.74, 6) is 0.997. The second-order valence-electron chi connectivity index (χ2n) is 6.59. The quantitative estimate of drug-likeness (QED) is 0.914. The smallest absolute Gasteiger partial charge is 0.124 e. The Labute approximate surface area is 122 Å². The minimum atomic E-state index is -0.165. The highest BCUT2D eigenvalue weighted by Gasteiger charge is 2.17. The number of ether oxygens (including phenoxy) is 2. The summed E-state index contributed by atoms with van der Waals surface area (Å²) in [4.78, 5) is 0. The molecule has 3 heteroatoms. The zero-order valence-electron chi connectivity index (χ0n) is 13.2. The highest BCUT2D eigenvalue weighted by atomic mass is 16.5. The van der Waals surface area contributed by atoms with Gasteiger partial charge in [0.1, 0.15) is 11.4 Å². The van der Waals surface area contributed by atoms with E-state index in [1.165, 1.54) is 11.1 Å². The van der Waals surface area contributed by atoms with Crippen LogP contribution in [0.4, 0.5) is 0 Å². The molecule has 1 aliphatic heterocycles. The Hall–Kier alpha value is -1.06. The molecule has 1 heterocycles. The van der Waals surface area contributed by atoms with Gasteiger partial charge in [-0.05, 0) is 52.2 Å². The van der Waals surface area contributed by atoms with Gasteiger partial charge in [0.2, 0.25) is 0 Å². The van der Waals surface area contributed by atoms with Gasteiger partial charge < -0.3 is 14.8 Å². The summed E-state index contributed by atoms with van der Waals surface area (Å²) in [6.45, 7) is 11.0. The normalized spacial score (nSPS) is 17.2. The minimum absolute atomic E-state index is 0.165. The first kappa shape index (κ1) is 15.3. The van der Waals surface area contributed by atoms with Crippen molar-refractivity contribution in [2.24, 2.45) is 0 Å². The van der Waals surface area contributed by atoms with E-state index in [-0.39, 0.29) is 5.60 Å². The molecule has 0 unspecified atom stereocenters. The van der Waals surface area contributed by atoms with E-state index in [0.717, 1.165) is 38.3 Å². The molecule has 112 valence electrons. The van der Waals surface area contributed by atoms with Crippen LogP contribution >= 0.6 is 0 Å². The van der Waals surface area contributed by atoms with Gasteiger partial charge >= 0.3 is 0 Å². The fourth-order valence-corrected chi connectivity index (χ4v) is 2.39. The van der Waals surface area contributed by atoms with Gasteiger partial charge in [0, 0.05) is 31.4 Å². The van der Waals surface area contributed by atoms with E-state index in [9.17, 15) is 0 Å². The van der Waals surface area contributed by atoms with Crippen molar-refractivity contribution in [2.45, 2.75) is 58.7 Å². The first-order valence-corrected chi connectivity index (χ1v) is 7.54. The van der Waals surface area contributed by atoms with Crippen molar-refractivity contribution in [3.8, 4) is 5.75 Å². The number of benzene rings is 1. The van der Waals surface area contributed by atoms with Crippen LogP contribution in [0.25, 0.3) is 0 Å². The van der Waals surface area contributed by atoms with E-state index >= 15 is 0 Å². The van der Waals surface area contributed by atoms with Gasteiger partial charge in [-0.1, -0.05) is 12.1 Å². The highest BCUT2D eigenvalue weighted by Crippen LogP contribution is 2.25. The number of hydrogen-bond acceptors (Lipinski definition) is 3. The maximum absolute atomic E-state index is 6.09. The minimum Gasteiger partial charge on any atom is -0.488 e. The molecule has 1 aromatic carbocycles. The average Bonchev–Trinajstić information content (AvgIpc) is 2.37. The number of hydrogen-bond donors (Lipinski definition) is 1. The van der Waals surface area contributed by atoms with Gasteiger partial charge in [-0.15, -0.1) is 0 Å².